The van der Waals surface area contributed by atoms with Gasteiger partial charge in [-0.2, -0.15) is 0 Å². The van der Waals surface area contributed by atoms with Gasteiger partial charge in [0, 0.05) is 63.6 Å². The first kappa shape index (κ1) is 16.7. The van der Waals surface area contributed by atoms with E-state index in [1.165, 1.54) is 4.57 Å². The molecule has 1 fully saturated rings. The van der Waals surface area contributed by atoms with Crippen molar-refractivity contribution in [2.24, 2.45) is 0 Å². The van der Waals surface area contributed by atoms with Crippen LogP contribution in [0.4, 0.5) is 13.2 Å². The predicted molar refractivity (Wildman–Crippen MR) is 69.1 cm³/mol. The summed E-state index contributed by atoms with van der Waals surface area (Å²) in [6.45, 7) is 0. The first-order valence-corrected chi connectivity index (χ1v) is 5.87. The van der Waals surface area contributed by atoms with Crippen LogP contribution in [0.25, 0.3) is 10.9 Å². The Hall–Kier alpha value is -0.674. The number of nitrogens with zero attached hydrogens (tertiary/aromatic N) is 1. The van der Waals surface area contributed by atoms with Crippen LogP contribution in [0.3, 0.4) is 0 Å². The molecular weight excluding hydrogens is 314 g/mol. The Kier molecular flexibility index (Phi) is 4.65. The van der Waals surface area contributed by atoms with Crippen molar-refractivity contribution < 1.29 is 23.1 Å². The van der Waals surface area contributed by atoms with E-state index in [0.29, 0.717) is 18.9 Å². The fraction of sp³-hybridized carbons (Fsp3) is 0.231. The summed E-state index contributed by atoms with van der Waals surface area (Å²) in [4.78, 5) is 23.0. The number of fused-ring (bicyclic) bond motifs is 1. The molecule has 0 amide bonds. The molecule has 0 aliphatic heterocycles. The van der Waals surface area contributed by atoms with Gasteiger partial charge in [-0.3, -0.25) is 4.79 Å². The number of halogens is 3. The van der Waals surface area contributed by atoms with E-state index in [1.807, 2.05) is 0 Å². The molecule has 1 heterocycles. The Morgan fingerprint density at radius 1 is 1.24 bits per heavy atom. The second-order valence-corrected chi connectivity index (χ2v) is 4.70. The molecule has 1 saturated carbocycles. The monoisotopic (exact) mass is 322 g/mol. The van der Waals surface area contributed by atoms with Crippen molar-refractivity contribution in [1.82, 2.24) is 4.57 Å². The SMILES string of the molecule is O=C(O)c1cn(C2CC2)c2c(F)c(F)c(F)cc2c1=O.[K]. The zero-order chi connectivity index (χ0) is 14.6. The standard InChI is InChI=1S/C13H8F3NO3.K/c14-8-3-6-11(10(16)9(8)15)17(5-1-2-5)4-7(12(6)18)13(19)20;/h3-5H,1-2H2,(H,19,20);. The van der Waals surface area contributed by atoms with Gasteiger partial charge in [0.1, 0.15) is 5.56 Å². The van der Waals surface area contributed by atoms with E-state index < -0.39 is 39.8 Å². The Labute approximate surface area is 159 Å². The number of carboxylic acids is 1. The summed E-state index contributed by atoms with van der Waals surface area (Å²) in [5, 5.41) is 8.51. The molecule has 1 aliphatic carbocycles. The van der Waals surface area contributed by atoms with Crippen LogP contribution in [0, 0.1) is 17.5 Å². The third-order valence-electron chi connectivity index (χ3n) is 3.32. The first-order chi connectivity index (χ1) is 9.41. The molecular formula is C13H8F3KNO3. The van der Waals surface area contributed by atoms with E-state index in [2.05, 4.69) is 0 Å². The average molecular weight is 322 g/mol. The summed E-state index contributed by atoms with van der Waals surface area (Å²) in [7, 11) is 0. The number of aromatic carboxylic acids is 1. The number of carbonyl (C=O) groups is 1. The molecule has 0 atom stereocenters. The van der Waals surface area contributed by atoms with Crippen LogP contribution in [0.5, 0.6) is 0 Å². The summed E-state index contributed by atoms with van der Waals surface area (Å²) < 4.78 is 41.7. The van der Waals surface area contributed by atoms with E-state index in [-0.39, 0.29) is 62.9 Å². The maximum atomic E-state index is 13.9. The van der Waals surface area contributed by atoms with E-state index in [4.69, 9.17) is 5.11 Å². The summed E-state index contributed by atoms with van der Waals surface area (Å²) >= 11 is 0. The van der Waals surface area contributed by atoms with Crippen molar-refractivity contribution in [3.05, 3.63) is 45.5 Å². The molecule has 4 nitrogen and oxygen atoms in total. The van der Waals surface area contributed by atoms with Crippen molar-refractivity contribution in [2.45, 2.75) is 18.9 Å². The van der Waals surface area contributed by atoms with Gasteiger partial charge in [0.05, 0.1) is 10.9 Å². The zero-order valence-electron chi connectivity index (χ0n) is 11.0. The van der Waals surface area contributed by atoms with Gasteiger partial charge in [0.15, 0.2) is 17.5 Å². The fourth-order valence-electron chi connectivity index (χ4n) is 2.21. The maximum Gasteiger partial charge on any atom is 0.341 e. The predicted octanol–water partition coefficient (Wildman–Crippen LogP) is 2.07. The first-order valence-electron chi connectivity index (χ1n) is 5.87. The van der Waals surface area contributed by atoms with Gasteiger partial charge in [-0.15, -0.1) is 0 Å². The Morgan fingerprint density at radius 3 is 2.38 bits per heavy atom. The summed E-state index contributed by atoms with van der Waals surface area (Å²) in [5.74, 6) is -6.15. The third-order valence-corrected chi connectivity index (χ3v) is 3.32. The Balaban J connectivity index is 0.00000161. The van der Waals surface area contributed by atoms with Gasteiger partial charge in [-0.05, 0) is 18.9 Å². The van der Waals surface area contributed by atoms with E-state index in [1.54, 1.807) is 0 Å². The minimum absolute atomic E-state index is 0. The van der Waals surface area contributed by atoms with Gasteiger partial charge < -0.3 is 9.67 Å². The molecule has 3 rings (SSSR count). The average Bonchev–Trinajstić information content (AvgIpc) is 3.21. The molecule has 0 bridgehead atoms. The largest absolute Gasteiger partial charge is 0.477 e. The smallest absolute Gasteiger partial charge is 0.341 e. The van der Waals surface area contributed by atoms with Crippen molar-refractivity contribution >= 4 is 68.3 Å². The van der Waals surface area contributed by atoms with Gasteiger partial charge in [-0.25, -0.2) is 18.0 Å². The quantitative estimate of drug-likeness (QED) is 0.680. The molecule has 1 aliphatic rings. The van der Waals surface area contributed by atoms with Gasteiger partial charge in [0.2, 0.25) is 5.43 Å². The number of hydrogen-bond acceptors (Lipinski definition) is 2. The van der Waals surface area contributed by atoms with Crippen molar-refractivity contribution in [3.63, 3.8) is 0 Å². The topological polar surface area (TPSA) is 59.3 Å². The Morgan fingerprint density at radius 2 is 1.86 bits per heavy atom. The molecule has 0 saturated heterocycles. The maximum absolute atomic E-state index is 13.9. The van der Waals surface area contributed by atoms with E-state index >= 15 is 0 Å². The number of carboxylic acid groups (broad SMARTS) is 1. The third kappa shape index (κ3) is 2.70. The van der Waals surface area contributed by atoms with Crippen LogP contribution >= 0.6 is 0 Å². The number of rotatable bonds is 2. The van der Waals surface area contributed by atoms with Crippen LogP contribution in [0.15, 0.2) is 17.1 Å². The molecule has 21 heavy (non-hydrogen) atoms. The molecule has 1 aromatic carbocycles. The number of aromatic nitrogens is 1. The minimum Gasteiger partial charge on any atom is -0.477 e. The molecule has 1 N–H and O–H groups in total. The van der Waals surface area contributed by atoms with Crippen LogP contribution in [-0.4, -0.2) is 67.0 Å². The molecule has 0 spiro atoms. The van der Waals surface area contributed by atoms with E-state index in [9.17, 15) is 22.8 Å². The molecule has 1 aromatic heterocycles. The van der Waals surface area contributed by atoms with Crippen LogP contribution in [0.2, 0.25) is 0 Å². The number of hydrogen-bond donors (Lipinski definition) is 1. The molecule has 105 valence electrons. The normalized spacial score (nSPS) is 14.0. The number of benzene rings is 1. The van der Waals surface area contributed by atoms with Crippen molar-refractivity contribution in [3.8, 4) is 0 Å². The molecule has 1 radical (unpaired) electrons. The van der Waals surface area contributed by atoms with Crippen LogP contribution in [0.1, 0.15) is 29.2 Å². The second-order valence-electron chi connectivity index (χ2n) is 4.70. The van der Waals surface area contributed by atoms with E-state index in [0.717, 1.165) is 6.20 Å². The molecule has 0 unspecified atom stereocenters. The summed E-state index contributed by atoms with van der Waals surface area (Å²) in [5.41, 5.74) is -2.00. The van der Waals surface area contributed by atoms with Crippen molar-refractivity contribution in [1.29, 1.82) is 0 Å². The summed E-state index contributed by atoms with van der Waals surface area (Å²) in [6, 6.07) is 0.345. The minimum atomic E-state index is -1.67. The van der Waals surface area contributed by atoms with Gasteiger partial charge >= 0.3 is 5.97 Å². The summed E-state index contributed by atoms with van der Waals surface area (Å²) in [6.07, 6.45) is 2.32. The van der Waals surface area contributed by atoms with Crippen LogP contribution < -0.4 is 5.43 Å². The fourth-order valence-corrected chi connectivity index (χ4v) is 2.21. The van der Waals surface area contributed by atoms with Gasteiger partial charge in [0.25, 0.3) is 0 Å². The molecule has 8 heteroatoms. The van der Waals surface area contributed by atoms with Crippen LogP contribution in [-0.2, 0) is 0 Å². The molecule has 2 aromatic rings. The second kappa shape index (κ2) is 5.84. The van der Waals surface area contributed by atoms with Crippen molar-refractivity contribution in [2.75, 3.05) is 0 Å². The number of pyridine rings is 1. The Bertz CT molecular complexity index is 815. The van der Waals surface area contributed by atoms with Gasteiger partial charge in [-0.1, -0.05) is 0 Å². The zero-order valence-corrected chi connectivity index (χ0v) is 14.1.